The van der Waals surface area contributed by atoms with Crippen molar-refractivity contribution in [2.75, 3.05) is 0 Å². The molecule has 2 aromatic rings. The van der Waals surface area contributed by atoms with E-state index < -0.39 is 29.9 Å². The molecular weight excluding hydrogens is 396 g/mol. The highest BCUT2D eigenvalue weighted by molar-refractivity contribution is 6.28. The van der Waals surface area contributed by atoms with Gasteiger partial charge in [-0.05, 0) is 23.5 Å². The first-order valence-corrected chi connectivity index (χ1v) is 10.2. The summed E-state index contributed by atoms with van der Waals surface area (Å²) in [6.07, 6.45) is -0.0143. The van der Waals surface area contributed by atoms with E-state index in [1.807, 2.05) is 74.5 Å². The maximum absolute atomic E-state index is 12.9. The molecule has 0 heterocycles. The minimum absolute atomic E-state index is 0.0615. The van der Waals surface area contributed by atoms with Gasteiger partial charge in [0.15, 0.2) is 6.29 Å². The number of rotatable bonds is 11. The van der Waals surface area contributed by atoms with Crippen LogP contribution in [0.5, 0.6) is 0 Å². The number of alkyl carbamates (subject to hydrolysis) is 1. The van der Waals surface area contributed by atoms with Crippen molar-refractivity contribution in [3.63, 3.8) is 0 Å². The van der Waals surface area contributed by atoms with Crippen molar-refractivity contribution < 1.29 is 23.9 Å². The van der Waals surface area contributed by atoms with Gasteiger partial charge in [0.05, 0.1) is 6.04 Å². The highest BCUT2D eigenvalue weighted by Gasteiger charge is 2.27. The summed E-state index contributed by atoms with van der Waals surface area (Å²) in [4.78, 5) is 48.2. The SMILES string of the molecule is CC(C)CC(NC(=O)[C@@H](Cc1ccccc1)NC(=O)OCc1ccccc1)C(=O)C=O. The number of ketones is 1. The molecule has 0 fully saturated rings. The Kier molecular flexibility index (Phi) is 9.42. The van der Waals surface area contributed by atoms with Gasteiger partial charge in [0, 0.05) is 6.42 Å². The first-order valence-electron chi connectivity index (χ1n) is 10.2. The van der Waals surface area contributed by atoms with Crippen molar-refractivity contribution in [3.05, 3.63) is 71.8 Å². The van der Waals surface area contributed by atoms with Crippen LogP contribution in [0.25, 0.3) is 0 Å². The molecule has 0 aromatic heterocycles. The second kappa shape index (κ2) is 12.3. The average molecular weight is 424 g/mol. The van der Waals surface area contributed by atoms with Crippen LogP contribution in [-0.2, 0) is 32.1 Å². The number of ether oxygens (including phenoxy) is 1. The molecule has 164 valence electrons. The quantitative estimate of drug-likeness (QED) is 0.427. The molecule has 2 aromatic carbocycles. The van der Waals surface area contributed by atoms with Crippen LogP contribution in [0.4, 0.5) is 4.79 Å². The molecule has 0 aliphatic rings. The number of hydrogen-bond acceptors (Lipinski definition) is 5. The van der Waals surface area contributed by atoms with Gasteiger partial charge in [-0.2, -0.15) is 0 Å². The Morgan fingerprint density at radius 3 is 2.00 bits per heavy atom. The number of carbonyl (C=O) groups excluding carboxylic acids is 4. The lowest BCUT2D eigenvalue weighted by atomic mass is 9.99. The summed E-state index contributed by atoms with van der Waals surface area (Å²) in [5, 5.41) is 5.19. The summed E-state index contributed by atoms with van der Waals surface area (Å²) in [6.45, 7) is 3.84. The van der Waals surface area contributed by atoms with Gasteiger partial charge in [0.25, 0.3) is 0 Å². The first-order chi connectivity index (χ1) is 14.9. The predicted octanol–water partition coefficient (Wildman–Crippen LogP) is 2.82. The van der Waals surface area contributed by atoms with Crippen LogP contribution < -0.4 is 10.6 Å². The van der Waals surface area contributed by atoms with Crippen LogP contribution >= 0.6 is 0 Å². The molecule has 0 aliphatic carbocycles. The fraction of sp³-hybridized carbons (Fsp3) is 0.333. The Balaban J connectivity index is 2.08. The minimum Gasteiger partial charge on any atom is -0.445 e. The predicted molar refractivity (Wildman–Crippen MR) is 116 cm³/mol. The lowest BCUT2D eigenvalue weighted by Crippen LogP contribution is -2.53. The number of amides is 2. The zero-order valence-electron chi connectivity index (χ0n) is 17.7. The fourth-order valence-corrected chi connectivity index (χ4v) is 3.04. The van der Waals surface area contributed by atoms with Crippen LogP contribution in [-0.4, -0.2) is 36.2 Å². The van der Waals surface area contributed by atoms with Crippen molar-refractivity contribution in [2.24, 2.45) is 5.92 Å². The molecular formula is C24H28N2O5. The van der Waals surface area contributed by atoms with Crippen LogP contribution in [0.15, 0.2) is 60.7 Å². The second-order valence-corrected chi connectivity index (χ2v) is 7.66. The van der Waals surface area contributed by atoms with Gasteiger partial charge >= 0.3 is 6.09 Å². The van der Waals surface area contributed by atoms with E-state index in [1.54, 1.807) is 0 Å². The van der Waals surface area contributed by atoms with Gasteiger partial charge < -0.3 is 15.4 Å². The summed E-state index contributed by atoms with van der Waals surface area (Å²) >= 11 is 0. The molecule has 31 heavy (non-hydrogen) atoms. The smallest absolute Gasteiger partial charge is 0.408 e. The summed E-state index contributed by atoms with van der Waals surface area (Å²) < 4.78 is 5.23. The Morgan fingerprint density at radius 2 is 1.45 bits per heavy atom. The van der Waals surface area contributed by atoms with E-state index in [0.29, 0.717) is 6.42 Å². The summed E-state index contributed by atoms with van der Waals surface area (Å²) in [5.74, 6) is -1.17. The highest BCUT2D eigenvalue weighted by atomic mass is 16.5. The monoisotopic (exact) mass is 424 g/mol. The molecule has 2 N–H and O–H groups in total. The molecule has 7 nitrogen and oxygen atoms in total. The van der Waals surface area contributed by atoms with E-state index in [-0.39, 0.29) is 25.2 Å². The summed E-state index contributed by atoms with van der Waals surface area (Å²) in [5.41, 5.74) is 1.64. The van der Waals surface area contributed by atoms with Gasteiger partial charge in [0.1, 0.15) is 12.6 Å². The van der Waals surface area contributed by atoms with Crippen LogP contribution in [0.1, 0.15) is 31.4 Å². The number of Topliss-reactive ketones (excluding diaryl/α,β-unsaturated/α-hetero) is 1. The highest BCUT2D eigenvalue weighted by Crippen LogP contribution is 2.09. The molecule has 0 radical (unpaired) electrons. The average Bonchev–Trinajstić information content (AvgIpc) is 2.77. The van der Waals surface area contributed by atoms with Gasteiger partial charge in [-0.15, -0.1) is 0 Å². The molecule has 0 bridgehead atoms. The Labute approximate surface area is 182 Å². The molecule has 0 spiro atoms. The van der Waals surface area contributed by atoms with Crippen LogP contribution in [0.2, 0.25) is 0 Å². The standard InChI is InChI=1S/C24H28N2O5/c1-17(2)13-20(22(28)15-27)25-23(29)21(14-18-9-5-3-6-10-18)26-24(30)31-16-19-11-7-4-8-12-19/h3-12,15,17,20-21H,13-14,16H2,1-2H3,(H,25,29)(H,26,30)/t20?,21-/m1/s1. The van der Waals surface area contributed by atoms with Gasteiger partial charge in [-0.3, -0.25) is 14.4 Å². The zero-order chi connectivity index (χ0) is 22.6. The number of aldehydes is 1. The molecule has 0 saturated heterocycles. The lowest BCUT2D eigenvalue weighted by molar-refractivity contribution is -0.134. The van der Waals surface area contributed by atoms with Crippen molar-refractivity contribution in [1.29, 1.82) is 0 Å². The topological polar surface area (TPSA) is 102 Å². The second-order valence-electron chi connectivity index (χ2n) is 7.66. The van der Waals surface area contributed by atoms with Gasteiger partial charge in [-0.1, -0.05) is 74.5 Å². The minimum atomic E-state index is -0.972. The molecule has 2 amide bonds. The first kappa shape index (κ1) is 23.8. The molecule has 1 unspecified atom stereocenters. The van der Waals surface area contributed by atoms with Crippen LogP contribution in [0, 0.1) is 5.92 Å². The van der Waals surface area contributed by atoms with Crippen molar-refractivity contribution >= 4 is 24.1 Å². The maximum atomic E-state index is 12.9. The number of carbonyl (C=O) groups is 4. The van der Waals surface area contributed by atoms with E-state index in [4.69, 9.17) is 4.74 Å². The molecule has 2 atom stereocenters. The van der Waals surface area contributed by atoms with E-state index in [9.17, 15) is 19.2 Å². The van der Waals surface area contributed by atoms with E-state index in [1.165, 1.54) is 0 Å². The lowest BCUT2D eigenvalue weighted by Gasteiger charge is -2.23. The van der Waals surface area contributed by atoms with Crippen molar-refractivity contribution in [3.8, 4) is 0 Å². The summed E-state index contributed by atoms with van der Waals surface area (Å²) in [6, 6.07) is 16.4. The zero-order valence-corrected chi connectivity index (χ0v) is 17.7. The van der Waals surface area contributed by atoms with E-state index in [0.717, 1.165) is 11.1 Å². The number of nitrogens with one attached hydrogen (secondary N) is 2. The fourth-order valence-electron chi connectivity index (χ4n) is 3.04. The van der Waals surface area contributed by atoms with E-state index in [2.05, 4.69) is 10.6 Å². The molecule has 0 saturated carbocycles. The molecule has 2 rings (SSSR count). The number of benzene rings is 2. The third-order valence-electron chi connectivity index (χ3n) is 4.59. The normalized spacial score (nSPS) is 12.5. The van der Waals surface area contributed by atoms with Gasteiger partial charge in [0.2, 0.25) is 11.7 Å². The largest absolute Gasteiger partial charge is 0.445 e. The van der Waals surface area contributed by atoms with Crippen molar-refractivity contribution in [2.45, 2.75) is 45.4 Å². The van der Waals surface area contributed by atoms with Crippen LogP contribution in [0.3, 0.4) is 0 Å². The third kappa shape index (κ3) is 8.42. The molecule has 0 aliphatic heterocycles. The Bertz CT molecular complexity index is 868. The Morgan fingerprint density at radius 1 is 0.871 bits per heavy atom. The third-order valence-corrected chi connectivity index (χ3v) is 4.59. The molecule has 7 heteroatoms. The maximum Gasteiger partial charge on any atom is 0.408 e. The summed E-state index contributed by atoms with van der Waals surface area (Å²) in [7, 11) is 0. The number of hydrogen-bond donors (Lipinski definition) is 2. The van der Waals surface area contributed by atoms with E-state index >= 15 is 0 Å². The Hall–Kier alpha value is -3.48. The van der Waals surface area contributed by atoms with Crippen molar-refractivity contribution in [1.82, 2.24) is 10.6 Å². The van der Waals surface area contributed by atoms with Gasteiger partial charge in [-0.25, -0.2) is 4.79 Å².